The average molecular weight is 577 g/mol. The molecule has 7 nitrogen and oxygen atoms in total. The first-order valence-electron chi connectivity index (χ1n) is 14.2. The van der Waals surface area contributed by atoms with E-state index in [0.29, 0.717) is 34.8 Å². The summed E-state index contributed by atoms with van der Waals surface area (Å²) in [6.07, 6.45) is 4.22. The first-order chi connectivity index (χ1) is 19.8. The number of anilines is 2. The number of ether oxygens (including phenoxy) is 2. The van der Waals surface area contributed by atoms with Crippen LogP contribution < -0.4 is 19.3 Å². The number of hydrogen-bond acceptors (Lipinski definition) is 5. The Labute approximate surface area is 246 Å². The first-order valence-corrected chi connectivity index (χ1v) is 14.6. The Balaban J connectivity index is 1.22. The van der Waals surface area contributed by atoms with Gasteiger partial charge in [-0.2, -0.15) is 0 Å². The van der Waals surface area contributed by atoms with Gasteiger partial charge in [0.25, 0.3) is 5.91 Å². The van der Waals surface area contributed by atoms with Crippen LogP contribution in [0.2, 0.25) is 5.02 Å². The molecule has 1 N–H and O–H groups in total. The Kier molecular flexibility index (Phi) is 9.03. The molecule has 1 atom stereocenters. The number of benzene rings is 3. The van der Waals surface area contributed by atoms with E-state index in [0.717, 1.165) is 61.5 Å². The summed E-state index contributed by atoms with van der Waals surface area (Å²) in [4.78, 5) is 28.9. The fourth-order valence-electron chi connectivity index (χ4n) is 5.68. The highest BCUT2D eigenvalue weighted by Gasteiger charge is 2.34. The predicted molar refractivity (Wildman–Crippen MR) is 162 cm³/mol. The van der Waals surface area contributed by atoms with Gasteiger partial charge in [-0.15, -0.1) is 0 Å². The quantitative estimate of drug-likeness (QED) is 0.268. The molecule has 216 valence electrons. The van der Waals surface area contributed by atoms with Gasteiger partial charge in [-0.1, -0.05) is 23.7 Å². The molecular weight excluding hydrogens is 540 g/mol. The molecule has 0 bridgehead atoms. The second-order valence-corrected chi connectivity index (χ2v) is 11.5. The zero-order valence-electron chi connectivity index (χ0n) is 23.6. The van der Waals surface area contributed by atoms with Gasteiger partial charge in [-0.25, -0.2) is 0 Å². The van der Waals surface area contributed by atoms with Gasteiger partial charge < -0.3 is 24.4 Å². The smallest absolute Gasteiger partial charge is 0.303 e. The van der Waals surface area contributed by atoms with E-state index in [9.17, 15) is 14.7 Å². The van der Waals surface area contributed by atoms with Crippen LogP contribution in [0.3, 0.4) is 0 Å². The number of aliphatic carboxylic acids is 1. The van der Waals surface area contributed by atoms with E-state index in [1.54, 1.807) is 31.2 Å². The van der Waals surface area contributed by atoms with Gasteiger partial charge in [0.1, 0.15) is 11.5 Å². The molecule has 0 aromatic heterocycles. The largest absolute Gasteiger partial charge is 0.497 e. The number of carboxylic acids is 1. The highest BCUT2D eigenvalue weighted by atomic mass is 35.5. The van der Waals surface area contributed by atoms with Crippen molar-refractivity contribution in [1.29, 1.82) is 0 Å². The lowest BCUT2D eigenvalue weighted by atomic mass is 9.91. The normalized spacial score (nSPS) is 16.2. The lowest BCUT2D eigenvalue weighted by Gasteiger charge is -2.35. The van der Waals surface area contributed by atoms with Crippen molar-refractivity contribution in [2.45, 2.75) is 38.0 Å². The van der Waals surface area contributed by atoms with Crippen LogP contribution in [-0.2, 0) is 4.79 Å². The van der Waals surface area contributed by atoms with E-state index < -0.39 is 5.97 Å². The SMILES string of the molecule is COc1ccc(C(=O)N(C)c2ccc(Cl)cc2)c(N2CCC(COc3cccc(C(CC(=O)O)C4CC4)c3)CC2)c1. The maximum atomic E-state index is 13.6. The van der Waals surface area contributed by atoms with E-state index in [-0.39, 0.29) is 18.2 Å². The number of piperidine rings is 1. The van der Waals surface area contributed by atoms with Crippen LogP contribution in [0.5, 0.6) is 11.5 Å². The summed E-state index contributed by atoms with van der Waals surface area (Å²) in [6, 6.07) is 20.8. The Morgan fingerprint density at radius 1 is 1.00 bits per heavy atom. The van der Waals surface area contributed by atoms with Crippen molar-refractivity contribution >= 4 is 34.9 Å². The third kappa shape index (κ3) is 7.14. The molecular formula is C33H37ClN2O5. The summed E-state index contributed by atoms with van der Waals surface area (Å²) < 4.78 is 11.7. The topological polar surface area (TPSA) is 79.3 Å². The second-order valence-electron chi connectivity index (χ2n) is 11.1. The van der Waals surface area contributed by atoms with Gasteiger partial charge >= 0.3 is 5.97 Å². The number of rotatable bonds is 11. The van der Waals surface area contributed by atoms with Crippen molar-refractivity contribution in [2.75, 3.05) is 43.7 Å². The van der Waals surface area contributed by atoms with E-state index in [1.165, 1.54) is 0 Å². The minimum atomic E-state index is -0.752. The molecule has 41 heavy (non-hydrogen) atoms. The van der Waals surface area contributed by atoms with Gasteiger partial charge in [-0.05, 0) is 97.5 Å². The highest BCUT2D eigenvalue weighted by Crippen LogP contribution is 2.45. The number of hydrogen-bond donors (Lipinski definition) is 1. The van der Waals surface area contributed by atoms with E-state index >= 15 is 0 Å². The molecule has 2 fully saturated rings. The van der Waals surface area contributed by atoms with Crippen LogP contribution in [-0.4, -0.2) is 50.8 Å². The van der Waals surface area contributed by atoms with Gasteiger partial charge in [0.05, 0.1) is 31.4 Å². The standard InChI is InChI=1S/C33H37ClN2O5/c1-35(26-10-8-25(34)9-11-26)33(39)29-13-12-27(40-2)19-31(29)36-16-14-22(15-17-36)21-41-28-5-3-4-24(18-28)30(20-32(37)38)23-6-7-23/h3-5,8-13,18-19,22-23,30H,6-7,14-17,20-21H2,1-2H3,(H,37,38). The molecule has 2 aliphatic rings. The van der Waals surface area contributed by atoms with Crippen LogP contribution >= 0.6 is 11.6 Å². The minimum Gasteiger partial charge on any atom is -0.497 e. The third-order valence-corrected chi connectivity index (χ3v) is 8.52. The van der Waals surface area contributed by atoms with Crippen molar-refractivity contribution < 1.29 is 24.2 Å². The molecule has 1 heterocycles. The van der Waals surface area contributed by atoms with E-state index in [1.807, 2.05) is 54.6 Å². The fraction of sp³-hybridized carbons (Fsp3) is 0.394. The number of carbonyl (C=O) groups is 2. The molecule has 1 amide bonds. The lowest BCUT2D eigenvalue weighted by molar-refractivity contribution is -0.137. The Hall–Kier alpha value is -3.71. The summed E-state index contributed by atoms with van der Waals surface area (Å²) in [5, 5.41) is 9.99. The maximum Gasteiger partial charge on any atom is 0.303 e. The number of carbonyl (C=O) groups excluding carboxylic acids is 1. The fourth-order valence-corrected chi connectivity index (χ4v) is 5.80. The van der Waals surface area contributed by atoms with Crippen LogP contribution in [0, 0.1) is 11.8 Å². The van der Waals surface area contributed by atoms with Gasteiger partial charge in [-0.3, -0.25) is 9.59 Å². The van der Waals surface area contributed by atoms with Crippen LogP contribution in [0.25, 0.3) is 0 Å². The minimum absolute atomic E-state index is 0.0535. The molecule has 1 aliphatic carbocycles. The van der Waals surface area contributed by atoms with E-state index in [4.69, 9.17) is 21.1 Å². The van der Waals surface area contributed by atoms with Crippen LogP contribution in [0.4, 0.5) is 11.4 Å². The molecule has 8 heteroatoms. The number of carboxylic acid groups (broad SMARTS) is 1. The van der Waals surface area contributed by atoms with Crippen molar-refractivity contribution in [3.8, 4) is 11.5 Å². The van der Waals surface area contributed by atoms with Crippen molar-refractivity contribution in [3.63, 3.8) is 0 Å². The molecule has 1 saturated heterocycles. The van der Waals surface area contributed by atoms with Crippen LogP contribution in [0.15, 0.2) is 66.7 Å². The van der Waals surface area contributed by atoms with Crippen molar-refractivity contribution in [1.82, 2.24) is 0 Å². The Morgan fingerprint density at radius 2 is 1.73 bits per heavy atom. The summed E-state index contributed by atoms with van der Waals surface area (Å²) in [5.41, 5.74) is 3.32. The lowest BCUT2D eigenvalue weighted by Crippen LogP contribution is -2.37. The molecule has 1 saturated carbocycles. The zero-order valence-corrected chi connectivity index (χ0v) is 24.3. The van der Waals surface area contributed by atoms with Gasteiger partial charge in [0.2, 0.25) is 0 Å². The molecule has 3 aromatic rings. The summed E-state index contributed by atoms with van der Waals surface area (Å²) >= 11 is 6.04. The third-order valence-electron chi connectivity index (χ3n) is 8.27. The molecule has 0 spiro atoms. The van der Waals surface area contributed by atoms with Crippen LogP contribution in [0.1, 0.15) is 53.9 Å². The van der Waals surface area contributed by atoms with E-state index in [2.05, 4.69) is 4.90 Å². The molecule has 1 unspecified atom stereocenters. The average Bonchev–Trinajstić information content (AvgIpc) is 3.84. The monoisotopic (exact) mass is 576 g/mol. The highest BCUT2D eigenvalue weighted by molar-refractivity contribution is 6.30. The predicted octanol–water partition coefficient (Wildman–Crippen LogP) is 6.89. The number of halogens is 1. The van der Waals surface area contributed by atoms with Crippen molar-refractivity contribution in [2.24, 2.45) is 11.8 Å². The Bertz CT molecular complexity index is 1370. The number of amides is 1. The first kappa shape index (κ1) is 28.8. The zero-order chi connectivity index (χ0) is 28.9. The molecule has 1 aliphatic heterocycles. The van der Waals surface area contributed by atoms with Gasteiger partial charge in [0.15, 0.2) is 0 Å². The van der Waals surface area contributed by atoms with Crippen molar-refractivity contribution in [3.05, 3.63) is 82.9 Å². The molecule has 3 aromatic carbocycles. The van der Waals surface area contributed by atoms with Gasteiger partial charge in [0, 0.05) is 36.9 Å². The Morgan fingerprint density at radius 3 is 2.39 bits per heavy atom. The second kappa shape index (κ2) is 12.9. The molecule has 0 radical (unpaired) electrons. The summed E-state index contributed by atoms with van der Waals surface area (Å²) in [6.45, 7) is 2.20. The number of methoxy groups -OCH3 is 1. The number of nitrogens with zero attached hydrogens (tertiary/aromatic N) is 2. The molecule has 5 rings (SSSR count). The summed E-state index contributed by atoms with van der Waals surface area (Å²) in [7, 11) is 3.40. The summed E-state index contributed by atoms with van der Waals surface area (Å²) in [5.74, 6) is 1.56. The maximum absolute atomic E-state index is 13.6.